The highest BCUT2D eigenvalue weighted by Crippen LogP contribution is 2.24. The van der Waals surface area contributed by atoms with Gasteiger partial charge in [-0.1, -0.05) is 63.2 Å². The van der Waals surface area contributed by atoms with E-state index in [0.29, 0.717) is 32.5 Å². The van der Waals surface area contributed by atoms with E-state index in [1.807, 2.05) is 53.4 Å². The summed E-state index contributed by atoms with van der Waals surface area (Å²) in [5.41, 5.74) is 2.40. The number of hydrogen-bond acceptors (Lipinski definition) is 3. The zero-order chi connectivity index (χ0) is 23.7. The van der Waals surface area contributed by atoms with Crippen molar-refractivity contribution in [1.82, 2.24) is 10.2 Å². The minimum absolute atomic E-state index is 0.0867. The predicted octanol–water partition coefficient (Wildman–Crippen LogP) is 4.96. The topological polar surface area (TPSA) is 58.6 Å². The number of benzene rings is 2. The molecule has 176 valence electrons. The number of rotatable bonds is 8. The van der Waals surface area contributed by atoms with Crippen LogP contribution in [0.2, 0.25) is 0 Å². The first kappa shape index (κ1) is 24.6. The van der Waals surface area contributed by atoms with Crippen LogP contribution in [-0.4, -0.2) is 42.5 Å². The maximum absolute atomic E-state index is 12.5. The smallest absolute Gasteiger partial charge is 0.244 e. The van der Waals surface area contributed by atoms with Crippen LogP contribution in [0, 0.1) is 0 Å². The molecule has 1 N–H and O–H groups in total. The predicted molar refractivity (Wildman–Crippen MR) is 133 cm³/mol. The lowest BCUT2D eigenvalue weighted by Crippen LogP contribution is -2.46. The van der Waals surface area contributed by atoms with Crippen LogP contribution in [0.25, 0.3) is 6.08 Å². The number of ether oxygens (including phenoxy) is 1. The molecule has 5 nitrogen and oxygen atoms in total. The highest BCUT2D eigenvalue weighted by Gasteiger charge is 2.23. The van der Waals surface area contributed by atoms with Crippen molar-refractivity contribution in [3.63, 3.8) is 0 Å². The van der Waals surface area contributed by atoms with Crippen molar-refractivity contribution < 1.29 is 14.3 Å². The Morgan fingerprint density at radius 3 is 2.33 bits per heavy atom. The Kier molecular flexibility index (Phi) is 8.70. The third-order valence-corrected chi connectivity index (χ3v) is 5.94. The van der Waals surface area contributed by atoms with Gasteiger partial charge >= 0.3 is 0 Å². The Balaban J connectivity index is 1.31. The summed E-state index contributed by atoms with van der Waals surface area (Å²) in [5.74, 6) is 0.917. The van der Waals surface area contributed by atoms with Crippen molar-refractivity contribution in [3.8, 4) is 5.75 Å². The molecular weight excluding hydrogens is 412 g/mol. The van der Waals surface area contributed by atoms with Crippen LogP contribution in [0.1, 0.15) is 57.6 Å². The summed E-state index contributed by atoms with van der Waals surface area (Å²) in [5, 5.41) is 3.05. The first-order valence-electron chi connectivity index (χ1n) is 11.9. The average Bonchev–Trinajstić information content (AvgIpc) is 2.81. The molecule has 0 aliphatic carbocycles. The molecule has 0 aromatic heterocycles. The molecule has 1 heterocycles. The highest BCUT2D eigenvalue weighted by atomic mass is 16.5. The van der Waals surface area contributed by atoms with Gasteiger partial charge in [-0.3, -0.25) is 9.59 Å². The van der Waals surface area contributed by atoms with E-state index in [0.717, 1.165) is 24.2 Å². The van der Waals surface area contributed by atoms with Crippen LogP contribution >= 0.6 is 0 Å². The van der Waals surface area contributed by atoms with Gasteiger partial charge in [0.05, 0.1) is 6.61 Å². The number of hydrogen-bond donors (Lipinski definition) is 1. The quantitative estimate of drug-likeness (QED) is 0.458. The van der Waals surface area contributed by atoms with Crippen LogP contribution < -0.4 is 10.1 Å². The van der Waals surface area contributed by atoms with E-state index >= 15 is 0 Å². The van der Waals surface area contributed by atoms with Gasteiger partial charge in [0.1, 0.15) is 5.75 Å². The van der Waals surface area contributed by atoms with Crippen molar-refractivity contribution >= 4 is 17.9 Å². The fourth-order valence-corrected chi connectivity index (χ4v) is 3.88. The molecule has 0 bridgehead atoms. The van der Waals surface area contributed by atoms with Crippen molar-refractivity contribution in [2.24, 2.45) is 0 Å². The summed E-state index contributed by atoms with van der Waals surface area (Å²) in [4.78, 5) is 26.6. The van der Waals surface area contributed by atoms with Crippen LogP contribution in [0.4, 0.5) is 0 Å². The van der Waals surface area contributed by atoms with Gasteiger partial charge in [-0.05, 0) is 54.0 Å². The summed E-state index contributed by atoms with van der Waals surface area (Å²) in [7, 11) is 0. The third-order valence-electron chi connectivity index (χ3n) is 5.94. The summed E-state index contributed by atoms with van der Waals surface area (Å²) in [6.45, 7) is 8.46. The summed E-state index contributed by atoms with van der Waals surface area (Å²) in [6.07, 6.45) is 6.14. The Hall–Kier alpha value is -3.08. The molecule has 2 aromatic carbocycles. The van der Waals surface area contributed by atoms with Crippen molar-refractivity contribution in [2.45, 2.75) is 57.9 Å². The summed E-state index contributed by atoms with van der Waals surface area (Å²) >= 11 is 0. The molecule has 0 radical (unpaired) electrons. The monoisotopic (exact) mass is 448 g/mol. The second-order valence-electron chi connectivity index (χ2n) is 9.63. The van der Waals surface area contributed by atoms with Gasteiger partial charge in [0, 0.05) is 31.6 Å². The third kappa shape index (κ3) is 8.08. The van der Waals surface area contributed by atoms with E-state index in [9.17, 15) is 9.59 Å². The fraction of sp³-hybridized carbons (Fsp3) is 0.429. The first-order valence-corrected chi connectivity index (χ1v) is 11.9. The lowest BCUT2D eigenvalue weighted by atomic mass is 9.87. The number of carbonyl (C=O) groups is 2. The molecule has 2 aromatic rings. The molecule has 0 unspecified atom stereocenters. The minimum Gasteiger partial charge on any atom is -0.494 e. The SMILES string of the molecule is CC(C)(C)c1ccc(OCCCC(=O)N2CCC(NC(=O)/C=C/c3ccccc3)CC2)cc1. The number of nitrogens with zero attached hydrogens (tertiary/aromatic N) is 1. The lowest BCUT2D eigenvalue weighted by Gasteiger charge is -2.32. The zero-order valence-electron chi connectivity index (χ0n) is 20.0. The van der Waals surface area contributed by atoms with Gasteiger partial charge in [-0.25, -0.2) is 0 Å². The highest BCUT2D eigenvalue weighted by molar-refractivity contribution is 5.91. The van der Waals surface area contributed by atoms with Gasteiger partial charge in [0.2, 0.25) is 11.8 Å². The van der Waals surface area contributed by atoms with E-state index in [2.05, 4.69) is 38.2 Å². The number of carbonyl (C=O) groups excluding carboxylic acids is 2. The summed E-state index contributed by atoms with van der Waals surface area (Å²) in [6, 6.07) is 18.1. The van der Waals surface area contributed by atoms with E-state index in [4.69, 9.17) is 4.74 Å². The number of likely N-dealkylation sites (tertiary alicyclic amines) is 1. The molecule has 2 amide bonds. The first-order chi connectivity index (χ1) is 15.8. The van der Waals surface area contributed by atoms with Crippen LogP contribution in [-0.2, 0) is 15.0 Å². The molecule has 0 atom stereocenters. The van der Waals surface area contributed by atoms with E-state index in [1.165, 1.54) is 5.56 Å². The molecule has 33 heavy (non-hydrogen) atoms. The fourth-order valence-electron chi connectivity index (χ4n) is 3.88. The van der Waals surface area contributed by atoms with Gasteiger partial charge in [-0.2, -0.15) is 0 Å². The second kappa shape index (κ2) is 11.7. The minimum atomic E-state index is -0.0867. The standard InChI is InChI=1S/C28H36N2O3/c1-28(2,3)23-12-14-25(15-13-23)33-21-7-10-27(32)30-19-17-24(18-20-30)29-26(31)16-11-22-8-5-4-6-9-22/h4-6,8-9,11-16,24H,7,10,17-21H2,1-3H3,(H,29,31)/b16-11+. The van der Waals surface area contributed by atoms with E-state index in [-0.39, 0.29) is 23.3 Å². The summed E-state index contributed by atoms with van der Waals surface area (Å²) < 4.78 is 5.80. The Morgan fingerprint density at radius 2 is 1.70 bits per heavy atom. The average molecular weight is 449 g/mol. The van der Waals surface area contributed by atoms with Crippen LogP contribution in [0.3, 0.4) is 0 Å². The van der Waals surface area contributed by atoms with E-state index < -0.39 is 0 Å². The molecule has 5 heteroatoms. The lowest BCUT2D eigenvalue weighted by molar-refractivity contribution is -0.132. The van der Waals surface area contributed by atoms with Crippen molar-refractivity contribution in [2.75, 3.05) is 19.7 Å². The molecule has 1 aliphatic rings. The van der Waals surface area contributed by atoms with Gasteiger partial charge in [-0.15, -0.1) is 0 Å². The van der Waals surface area contributed by atoms with Crippen LogP contribution in [0.15, 0.2) is 60.7 Å². The molecule has 1 aliphatic heterocycles. The zero-order valence-corrected chi connectivity index (χ0v) is 20.0. The Morgan fingerprint density at radius 1 is 1.03 bits per heavy atom. The van der Waals surface area contributed by atoms with Crippen molar-refractivity contribution in [1.29, 1.82) is 0 Å². The van der Waals surface area contributed by atoms with Gasteiger partial charge < -0.3 is 15.0 Å². The maximum atomic E-state index is 12.5. The number of nitrogens with one attached hydrogen (secondary N) is 1. The largest absolute Gasteiger partial charge is 0.494 e. The maximum Gasteiger partial charge on any atom is 0.244 e. The number of piperidine rings is 1. The van der Waals surface area contributed by atoms with E-state index in [1.54, 1.807) is 6.08 Å². The number of amides is 2. The molecule has 0 spiro atoms. The molecule has 1 fully saturated rings. The van der Waals surface area contributed by atoms with Gasteiger partial charge in [0.15, 0.2) is 0 Å². The van der Waals surface area contributed by atoms with Crippen LogP contribution in [0.5, 0.6) is 5.75 Å². The normalized spacial score (nSPS) is 14.9. The molecule has 3 rings (SSSR count). The molecule has 1 saturated heterocycles. The van der Waals surface area contributed by atoms with Gasteiger partial charge in [0.25, 0.3) is 0 Å². The molecular formula is C28H36N2O3. The molecule has 0 saturated carbocycles. The Labute approximate surface area is 197 Å². The van der Waals surface area contributed by atoms with Crippen molar-refractivity contribution in [3.05, 3.63) is 71.8 Å². The Bertz CT molecular complexity index is 922. The second-order valence-corrected chi connectivity index (χ2v) is 9.63.